The number of benzene rings is 3. The molecule has 0 amide bonds. The largest absolute Gasteiger partial charge is 0.573 e. The Hall–Kier alpha value is -3.39. The first-order valence-electron chi connectivity index (χ1n) is 11.1. The lowest BCUT2D eigenvalue weighted by Crippen LogP contribution is -2.60. The normalized spacial score (nSPS) is 22.8. The zero-order chi connectivity index (χ0) is 26.4. The third kappa shape index (κ3) is 5.21. The number of halogens is 4. The van der Waals surface area contributed by atoms with Gasteiger partial charge in [0.25, 0.3) is 0 Å². The summed E-state index contributed by atoms with van der Waals surface area (Å²) in [5.41, 5.74) is 0.916. The maximum atomic E-state index is 14.2. The van der Waals surface area contributed by atoms with Gasteiger partial charge in [-0.15, -0.1) is 13.2 Å². The van der Waals surface area contributed by atoms with Crippen molar-refractivity contribution < 1.29 is 41.1 Å². The molecule has 8 nitrogen and oxygen atoms in total. The molecule has 0 radical (unpaired) electrons. The van der Waals surface area contributed by atoms with E-state index in [9.17, 15) is 26.9 Å². The van der Waals surface area contributed by atoms with Gasteiger partial charge in [-0.3, -0.25) is 0 Å². The van der Waals surface area contributed by atoms with Crippen molar-refractivity contribution in [3.63, 3.8) is 0 Å². The smallest absolute Gasteiger partial charge is 0.453 e. The van der Waals surface area contributed by atoms with E-state index in [1.54, 1.807) is 29.2 Å². The van der Waals surface area contributed by atoms with Gasteiger partial charge >= 0.3 is 6.36 Å². The molecule has 0 bridgehead atoms. The Bertz CT molecular complexity index is 1400. The van der Waals surface area contributed by atoms with Gasteiger partial charge in [-0.1, -0.05) is 12.1 Å². The van der Waals surface area contributed by atoms with Gasteiger partial charge in [0.05, 0.1) is 47.7 Å². The Morgan fingerprint density at radius 2 is 1.73 bits per heavy atom. The van der Waals surface area contributed by atoms with Gasteiger partial charge in [-0.05, 0) is 48.5 Å². The predicted molar refractivity (Wildman–Crippen MR) is 125 cm³/mol. The van der Waals surface area contributed by atoms with E-state index >= 15 is 0 Å². The average molecular weight is 540 g/mol. The molecule has 13 heteroatoms. The van der Waals surface area contributed by atoms with Gasteiger partial charge in [0.15, 0.2) is 11.5 Å². The number of fused-ring (bicyclic) bond motifs is 2. The van der Waals surface area contributed by atoms with Crippen molar-refractivity contribution >= 4 is 21.3 Å². The van der Waals surface area contributed by atoms with E-state index in [1.807, 2.05) is 0 Å². The number of nitrogens with one attached hydrogen (secondary N) is 2. The summed E-state index contributed by atoms with van der Waals surface area (Å²) in [5.74, 6) is -0.189. The van der Waals surface area contributed by atoms with Gasteiger partial charge in [-0.25, -0.2) is 18.1 Å². The van der Waals surface area contributed by atoms with Crippen LogP contribution in [0.5, 0.6) is 17.2 Å². The third-order valence-electron chi connectivity index (χ3n) is 5.96. The monoisotopic (exact) mass is 539 g/mol. The minimum Gasteiger partial charge on any atom is -0.453 e. The molecular weight excluding hydrogens is 518 g/mol. The van der Waals surface area contributed by atoms with E-state index in [0.29, 0.717) is 22.9 Å². The molecule has 4 unspecified atom stereocenters. The summed E-state index contributed by atoms with van der Waals surface area (Å²) < 4.78 is 90.9. The summed E-state index contributed by atoms with van der Waals surface area (Å²) in [6.07, 6.45) is -6.13. The molecule has 2 heterocycles. The number of aliphatic hydroxyl groups is 1. The SMILES string of the molecule is N=S(=O)(NC1COCC(N2c3ccccc3Oc3ccc(F)cc32)C1O)c1ccc(OC(F)(F)F)cc1. The topological polar surface area (TPSA) is 104 Å². The van der Waals surface area contributed by atoms with Crippen LogP contribution < -0.4 is 19.1 Å². The molecule has 5 rings (SSSR count). The molecule has 1 saturated heterocycles. The second kappa shape index (κ2) is 9.49. The number of hydrogen-bond acceptors (Lipinski definition) is 7. The van der Waals surface area contributed by atoms with Crippen LogP contribution in [0.4, 0.5) is 28.9 Å². The number of alkyl halides is 3. The van der Waals surface area contributed by atoms with E-state index < -0.39 is 46.0 Å². The molecule has 37 heavy (non-hydrogen) atoms. The lowest BCUT2D eigenvalue weighted by atomic mass is 9.98. The fourth-order valence-electron chi connectivity index (χ4n) is 4.34. The van der Waals surface area contributed by atoms with Gasteiger partial charge < -0.3 is 24.2 Å². The zero-order valence-corrected chi connectivity index (χ0v) is 19.8. The van der Waals surface area contributed by atoms with E-state index in [2.05, 4.69) is 9.46 Å². The summed E-state index contributed by atoms with van der Waals surface area (Å²) in [6.45, 7) is -0.0584. The number of aliphatic hydroxyl groups excluding tert-OH is 1. The number of hydrogen-bond donors (Lipinski definition) is 3. The van der Waals surface area contributed by atoms with Crippen LogP contribution in [-0.2, 0) is 14.7 Å². The minimum atomic E-state index is -4.89. The molecule has 0 aromatic heterocycles. The van der Waals surface area contributed by atoms with Crippen LogP contribution in [0.15, 0.2) is 71.6 Å². The van der Waals surface area contributed by atoms with E-state index in [1.165, 1.54) is 18.2 Å². The summed E-state index contributed by atoms with van der Waals surface area (Å²) in [4.78, 5) is 1.57. The Kier molecular flexibility index (Phi) is 6.48. The molecule has 196 valence electrons. The second-order valence-electron chi connectivity index (χ2n) is 8.45. The second-order valence-corrected chi connectivity index (χ2v) is 10.3. The Balaban J connectivity index is 1.41. The fourth-order valence-corrected chi connectivity index (χ4v) is 5.63. The summed E-state index contributed by atoms with van der Waals surface area (Å²) >= 11 is 0. The first kappa shape index (κ1) is 25.3. The molecule has 0 spiro atoms. The van der Waals surface area contributed by atoms with Crippen molar-refractivity contribution in [1.29, 1.82) is 4.78 Å². The summed E-state index contributed by atoms with van der Waals surface area (Å²) in [7, 11) is -3.77. The minimum absolute atomic E-state index is 0.0340. The lowest BCUT2D eigenvalue weighted by molar-refractivity contribution is -0.274. The highest BCUT2D eigenvalue weighted by Crippen LogP contribution is 2.48. The fraction of sp³-hybridized carbons (Fsp3) is 0.250. The van der Waals surface area contributed by atoms with Crippen LogP contribution in [0.25, 0.3) is 0 Å². The lowest BCUT2D eigenvalue weighted by Gasteiger charge is -2.44. The van der Waals surface area contributed by atoms with Crippen molar-refractivity contribution in [1.82, 2.24) is 4.72 Å². The molecular formula is C24H21F4N3O5S. The maximum Gasteiger partial charge on any atom is 0.573 e. The van der Waals surface area contributed by atoms with Crippen LogP contribution >= 0.6 is 0 Å². The van der Waals surface area contributed by atoms with Crippen molar-refractivity contribution in [3.05, 3.63) is 72.5 Å². The highest BCUT2D eigenvalue weighted by molar-refractivity contribution is 7.90. The molecule has 3 N–H and O–H groups in total. The zero-order valence-electron chi connectivity index (χ0n) is 18.9. The van der Waals surface area contributed by atoms with Crippen molar-refractivity contribution in [2.24, 2.45) is 0 Å². The van der Waals surface area contributed by atoms with Crippen molar-refractivity contribution in [2.75, 3.05) is 18.1 Å². The number of rotatable bonds is 5. The van der Waals surface area contributed by atoms with Crippen LogP contribution in [-0.4, -0.2) is 47.1 Å². The van der Waals surface area contributed by atoms with Gasteiger partial charge in [0.2, 0.25) is 0 Å². The molecule has 1 fully saturated rings. The Morgan fingerprint density at radius 1 is 1.03 bits per heavy atom. The predicted octanol–water partition coefficient (Wildman–Crippen LogP) is 4.71. The van der Waals surface area contributed by atoms with Crippen molar-refractivity contribution in [3.8, 4) is 17.2 Å². The molecule has 2 aliphatic rings. The quantitative estimate of drug-likeness (QED) is 0.406. The van der Waals surface area contributed by atoms with Crippen LogP contribution in [0.1, 0.15) is 0 Å². The first-order chi connectivity index (χ1) is 17.5. The summed E-state index contributed by atoms with van der Waals surface area (Å²) in [6, 6.07) is 13.3. The molecule has 0 aliphatic carbocycles. The first-order valence-corrected chi connectivity index (χ1v) is 12.6. The van der Waals surface area contributed by atoms with Gasteiger partial charge in [-0.2, -0.15) is 0 Å². The number of ether oxygens (including phenoxy) is 3. The third-order valence-corrected chi connectivity index (χ3v) is 7.53. The van der Waals surface area contributed by atoms with E-state index in [4.69, 9.17) is 14.3 Å². The number of anilines is 2. The number of para-hydroxylation sites is 2. The molecule has 4 atom stereocenters. The molecule has 3 aromatic carbocycles. The molecule has 2 aliphatic heterocycles. The standard InChI is InChI=1S/C24H21F4N3O5S/c25-14-5-10-22-19(11-14)31(18-3-1-2-4-21(18)35-22)20-13-34-12-17(23(20)32)30-37(29,33)16-8-6-15(7-9-16)36-24(26,27)28/h1-11,17,20,23,32H,12-13H2,(H2,29,30,33). The molecule has 3 aromatic rings. The van der Waals surface area contributed by atoms with Crippen LogP contribution in [0.3, 0.4) is 0 Å². The Morgan fingerprint density at radius 3 is 2.46 bits per heavy atom. The van der Waals surface area contributed by atoms with E-state index in [-0.39, 0.29) is 18.1 Å². The molecule has 0 saturated carbocycles. The van der Waals surface area contributed by atoms with Crippen molar-refractivity contribution in [2.45, 2.75) is 29.4 Å². The van der Waals surface area contributed by atoms with Crippen LogP contribution in [0, 0.1) is 10.6 Å². The highest BCUT2D eigenvalue weighted by Gasteiger charge is 2.41. The van der Waals surface area contributed by atoms with E-state index in [0.717, 1.165) is 24.3 Å². The maximum absolute atomic E-state index is 14.2. The Labute approximate surface area is 209 Å². The number of nitrogens with zero attached hydrogens (tertiary/aromatic N) is 1. The van der Waals surface area contributed by atoms with Gasteiger partial charge in [0.1, 0.15) is 21.5 Å². The average Bonchev–Trinajstić information content (AvgIpc) is 2.83. The van der Waals surface area contributed by atoms with Crippen LogP contribution in [0.2, 0.25) is 0 Å². The van der Waals surface area contributed by atoms with Gasteiger partial charge in [0, 0.05) is 6.07 Å². The highest BCUT2D eigenvalue weighted by atomic mass is 32.2. The summed E-state index contributed by atoms with van der Waals surface area (Å²) in [5, 5.41) is 11.3.